The van der Waals surface area contributed by atoms with Crippen molar-refractivity contribution in [2.45, 2.75) is 13.5 Å². The zero-order valence-corrected chi connectivity index (χ0v) is 19.3. The molecule has 174 valence electrons. The van der Waals surface area contributed by atoms with Crippen molar-refractivity contribution in [3.05, 3.63) is 86.6 Å². The fraction of sp³-hybridized carbons (Fsp3) is 0.227. The van der Waals surface area contributed by atoms with Gasteiger partial charge in [0.15, 0.2) is 5.69 Å². The number of likely N-dealkylation sites (N-methyl/N-ethyl adjacent to an activating group) is 1. The van der Waals surface area contributed by atoms with E-state index in [4.69, 9.17) is 5.73 Å². The van der Waals surface area contributed by atoms with Gasteiger partial charge < -0.3 is 10.6 Å². The second-order valence-corrected chi connectivity index (χ2v) is 9.48. The van der Waals surface area contributed by atoms with E-state index in [2.05, 4.69) is 4.98 Å². The smallest absolute Gasteiger partial charge is 0.330 e. The van der Waals surface area contributed by atoms with Crippen molar-refractivity contribution in [2.24, 2.45) is 0 Å². The molecular weight excluding hydrogens is 446 g/mol. The molecule has 0 radical (unpaired) electrons. The molecule has 0 fully saturated rings. The number of hydrogen-bond acceptors (Lipinski definition) is 6. The van der Waals surface area contributed by atoms with Gasteiger partial charge in [-0.1, -0.05) is 48.5 Å². The number of nitrogens with two attached hydrogens (primary N) is 1. The van der Waals surface area contributed by atoms with E-state index in [9.17, 15) is 22.8 Å². The SMILES string of the molecule is Cc1ccccc1N(CC(=O)N(C)c1c(N)n(Cc2ccccc2)c(=O)[nH]c1=O)S(C)(=O)=O. The van der Waals surface area contributed by atoms with Gasteiger partial charge in [-0.05, 0) is 24.1 Å². The Balaban J connectivity index is 1.99. The Bertz CT molecular complexity index is 1400. The lowest BCUT2D eigenvalue weighted by Gasteiger charge is -2.26. The van der Waals surface area contributed by atoms with Crippen LogP contribution in [0.2, 0.25) is 0 Å². The molecule has 0 saturated heterocycles. The molecule has 3 rings (SSSR count). The van der Waals surface area contributed by atoms with Gasteiger partial charge in [0.05, 0.1) is 18.5 Å². The summed E-state index contributed by atoms with van der Waals surface area (Å²) in [5.41, 5.74) is 6.10. The van der Waals surface area contributed by atoms with E-state index in [1.165, 1.54) is 7.05 Å². The monoisotopic (exact) mass is 471 g/mol. The summed E-state index contributed by atoms with van der Waals surface area (Å²) in [7, 11) is -2.51. The summed E-state index contributed by atoms with van der Waals surface area (Å²) in [5, 5.41) is 0. The maximum absolute atomic E-state index is 13.1. The summed E-state index contributed by atoms with van der Waals surface area (Å²) >= 11 is 0. The summed E-state index contributed by atoms with van der Waals surface area (Å²) in [6.07, 6.45) is 0.994. The first kappa shape index (κ1) is 23.8. The number of aromatic amines is 1. The number of nitrogens with one attached hydrogen (secondary N) is 1. The van der Waals surface area contributed by atoms with Gasteiger partial charge in [-0.3, -0.25) is 23.4 Å². The molecule has 0 aliphatic rings. The molecule has 1 heterocycles. The number of rotatable bonds is 7. The molecule has 1 aromatic heterocycles. The number of aryl methyl sites for hydroxylation is 1. The van der Waals surface area contributed by atoms with Gasteiger partial charge in [-0.2, -0.15) is 0 Å². The van der Waals surface area contributed by atoms with Crippen molar-refractivity contribution in [1.82, 2.24) is 9.55 Å². The van der Waals surface area contributed by atoms with Crippen LogP contribution in [0.15, 0.2) is 64.2 Å². The van der Waals surface area contributed by atoms with E-state index in [1.807, 2.05) is 6.07 Å². The van der Waals surface area contributed by atoms with Crippen molar-refractivity contribution >= 4 is 33.1 Å². The van der Waals surface area contributed by atoms with Crippen LogP contribution in [0.4, 0.5) is 17.2 Å². The zero-order chi connectivity index (χ0) is 24.3. The van der Waals surface area contributed by atoms with Crippen LogP contribution in [0, 0.1) is 6.92 Å². The van der Waals surface area contributed by atoms with Gasteiger partial charge in [0, 0.05) is 7.05 Å². The second-order valence-electron chi connectivity index (χ2n) is 7.57. The van der Waals surface area contributed by atoms with Crippen molar-refractivity contribution in [1.29, 1.82) is 0 Å². The highest BCUT2D eigenvalue weighted by Gasteiger charge is 2.27. The third-order valence-electron chi connectivity index (χ3n) is 5.17. The van der Waals surface area contributed by atoms with E-state index in [1.54, 1.807) is 55.5 Å². The number of nitrogen functional groups attached to an aromatic ring is 1. The highest BCUT2D eigenvalue weighted by atomic mass is 32.2. The van der Waals surface area contributed by atoms with Crippen LogP contribution in [-0.4, -0.2) is 43.7 Å². The number of aromatic nitrogens is 2. The first-order valence-electron chi connectivity index (χ1n) is 9.97. The Morgan fingerprint density at radius 3 is 2.27 bits per heavy atom. The number of sulfonamides is 1. The Morgan fingerprint density at radius 1 is 1.06 bits per heavy atom. The summed E-state index contributed by atoms with van der Waals surface area (Å²) in [6.45, 7) is 1.25. The van der Waals surface area contributed by atoms with Crippen molar-refractivity contribution < 1.29 is 13.2 Å². The summed E-state index contributed by atoms with van der Waals surface area (Å²) in [4.78, 5) is 41.1. The van der Waals surface area contributed by atoms with Gasteiger partial charge in [-0.25, -0.2) is 13.2 Å². The Morgan fingerprint density at radius 2 is 1.67 bits per heavy atom. The van der Waals surface area contributed by atoms with Crippen LogP contribution >= 0.6 is 0 Å². The molecule has 10 nitrogen and oxygen atoms in total. The third-order valence-corrected chi connectivity index (χ3v) is 6.30. The van der Waals surface area contributed by atoms with Gasteiger partial charge in [0.1, 0.15) is 12.4 Å². The van der Waals surface area contributed by atoms with Crippen LogP contribution in [-0.2, 0) is 21.4 Å². The summed E-state index contributed by atoms with van der Waals surface area (Å²) in [5.74, 6) is -0.906. The standard InChI is InChI=1S/C22H25N5O5S/c1-15-9-7-8-12-17(15)27(33(3,31)32)14-18(28)25(2)19-20(23)26(22(30)24-21(19)29)13-16-10-5-4-6-11-16/h4-12H,13-14,23H2,1-3H3,(H,24,29,30). The number of amides is 1. The number of benzene rings is 2. The lowest BCUT2D eigenvalue weighted by atomic mass is 10.2. The van der Waals surface area contributed by atoms with Crippen molar-refractivity contribution in [2.75, 3.05) is 34.8 Å². The minimum atomic E-state index is -3.81. The average molecular weight is 472 g/mol. The van der Waals surface area contributed by atoms with Crippen LogP contribution in [0.25, 0.3) is 0 Å². The van der Waals surface area contributed by atoms with Crippen LogP contribution in [0.3, 0.4) is 0 Å². The molecule has 1 amide bonds. The summed E-state index contributed by atoms with van der Waals surface area (Å²) < 4.78 is 27.0. The Kier molecular flexibility index (Phi) is 6.73. The van der Waals surface area contributed by atoms with E-state index in [-0.39, 0.29) is 18.1 Å². The highest BCUT2D eigenvalue weighted by molar-refractivity contribution is 7.92. The Labute approximate surface area is 190 Å². The minimum Gasteiger partial charge on any atom is -0.383 e. The molecule has 11 heteroatoms. The molecule has 0 saturated carbocycles. The van der Waals surface area contributed by atoms with Crippen LogP contribution < -0.4 is 26.2 Å². The predicted molar refractivity (Wildman–Crippen MR) is 128 cm³/mol. The maximum Gasteiger partial charge on any atom is 0.330 e. The van der Waals surface area contributed by atoms with Crippen molar-refractivity contribution in [3.8, 4) is 0 Å². The normalized spacial score (nSPS) is 11.2. The first-order valence-corrected chi connectivity index (χ1v) is 11.8. The molecule has 33 heavy (non-hydrogen) atoms. The molecule has 3 N–H and O–H groups in total. The number of nitrogens with zero attached hydrogens (tertiary/aromatic N) is 3. The van der Waals surface area contributed by atoms with Crippen LogP contribution in [0.5, 0.6) is 0 Å². The number of H-pyrrole nitrogens is 1. The number of para-hydroxylation sites is 1. The highest BCUT2D eigenvalue weighted by Crippen LogP contribution is 2.23. The molecule has 0 unspecified atom stereocenters. The largest absolute Gasteiger partial charge is 0.383 e. The second kappa shape index (κ2) is 9.33. The molecule has 2 aromatic carbocycles. The number of anilines is 3. The number of carbonyl (C=O) groups excluding carboxylic acids is 1. The molecule has 0 aliphatic carbocycles. The van der Waals surface area contributed by atoms with Gasteiger partial charge in [0.25, 0.3) is 5.56 Å². The number of carbonyl (C=O) groups is 1. The fourth-order valence-corrected chi connectivity index (χ4v) is 4.31. The first-order chi connectivity index (χ1) is 15.5. The van der Waals surface area contributed by atoms with Gasteiger partial charge in [0.2, 0.25) is 15.9 Å². The molecule has 3 aromatic rings. The molecule has 0 aliphatic heterocycles. The molecule has 0 bridgehead atoms. The topological polar surface area (TPSA) is 139 Å². The predicted octanol–water partition coefficient (Wildman–Crippen LogP) is 0.905. The fourth-order valence-electron chi connectivity index (χ4n) is 3.40. The lowest BCUT2D eigenvalue weighted by Crippen LogP contribution is -2.45. The zero-order valence-electron chi connectivity index (χ0n) is 18.5. The van der Waals surface area contributed by atoms with Gasteiger partial charge in [-0.15, -0.1) is 0 Å². The molecule has 0 atom stereocenters. The Hall–Kier alpha value is -3.86. The quantitative estimate of drug-likeness (QED) is 0.525. The van der Waals surface area contributed by atoms with Crippen molar-refractivity contribution in [3.63, 3.8) is 0 Å². The third kappa shape index (κ3) is 5.14. The van der Waals surface area contributed by atoms with E-state index < -0.39 is 33.7 Å². The van der Waals surface area contributed by atoms with Crippen LogP contribution in [0.1, 0.15) is 11.1 Å². The lowest BCUT2D eigenvalue weighted by molar-refractivity contribution is -0.116. The van der Waals surface area contributed by atoms with Gasteiger partial charge >= 0.3 is 5.69 Å². The maximum atomic E-state index is 13.1. The summed E-state index contributed by atoms with van der Waals surface area (Å²) in [6, 6.07) is 15.7. The molecule has 0 spiro atoms. The van der Waals surface area contributed by atoms with E-state index in [0.29, 0.717) is 11.3 Å². The average Bonchev–Trinajstić information content (AvgIpc) is 2.75. The van der Waals surface area contributed by atoms with E-state index in [0.717, 1.165) is 25.6 Å². The number of hydrogen-bond donors (Lipinski definition) is 2. The minimum absolute atomic E-state index is 0.0794. The molecular formula is C22H25N5O5S. The van der Waals surface area contributed by atoms with E-state index >= 15 is 0 Å².